The van der Waals surface area contributed by atoms with Crippen LogP contribution in [0.3, 0.4) is 0 Å². The van der Waals surface area contributed by atoms with Crippen LogP contribution in [0.15, 0.2) is 80.6 Å². The quantitative estimate of drug-likeness (QED) is 0.764. The molecule has 0 radical (unpaired) electrons. The van der Waals surface area contributed by atoms with Gasteiger partial charge in [0.1, 0.15) is 0 Å². The van der Waals surface area contributed by atoms with Crippen molar-refractivity contribution < 1.29 is 0 Å². The number of rotatable bonds is 4. The second-order valence-corrected chi connectivity index (χ2v) is 4.47. The highest BCUT2D eigenvalue weighted by Gasteiger charge is 2.05. The highest BCUT2D eigenvalue weighted by Crippen LogP contribution is 2.10. The van der Waals surface area contributed by atoms with Gasteiger partial charge in [-0.15, -0.1) is 0 Å². The normalized spacial score (nSPS) is 14.7. The molecule has 0 aliphatic carbocycles. The molecule has 4 heteroatoms. The van der Waals surface area contributed by atoms with E-state index in [-0.39, 0.29) is 0 Å². The van der Waals surface area contributed by atoms with E-state index in [1.807, 2.05) is 60.7 Å². The predicted molar refractivity (Wildman–Crippen MR) is 88.9 cm³/mol. The summed E-state index contributed by atoms with van der Waals surface area (Å²) >= 11 is 0. The fraction of sp³-hybridized carbons (Fsp3) is 0.0588. The molecule has 4 nitrogen and oxygen atoms in total. The van der Waals surface area contributed by atoms with Crippen molar-refractivity contribution in [1.82, 2.24) is 0 Å². The monoisotopic (exact) mass is 274 g/mol. The van der Waals surface area contributed by atoms with Crippen molar-refractivity contribution in [3.63, 3.8) is 0 Å². The lowest BCUT2D eigenvalue weighted by Gasteiger charge is -1.91. The third-order valence-corrected chi connectivity index (χ3v) is 2.87. The minimum absolute atomic E-state index is 0.548. The van der Waals surface area contributed by atoms with Gasteiger partial charge in [0, 0.05) is 0 Å². The largest absolute Gasteiger partial charge is 0.259 e. The van der Waals surface area contributed by atoms with Crippen molar-refractivity contribution in [1.29, 1.82) is 0 Å². The number of aliphatic imine (C=N–C) groups is 4. The molecule has 0 aromatic heterocycles. The lowest BCUT2D eigenvalue weighted by atomic mass is 10.3. The van der Waals surface area contributed by atoms with Gasteiger partial charge in [-0.1, -0.05) is 36.4 Å². The molecule has 0 bridgehead atoms. The maximum atomic E-state index is 4.39. The van der Waals surface area contributed by atoms with Gasteiger partial charge in [0.25, 0.3) is 0 Å². The second-order valence-electron chi connectivity index (χ2n) is 4.47. The van der Waals surface area contributed by atoms with Crippen molar-refractivity contribution in [2.75, 3.05) is 6.54 Å². The van der Waals surface area contributed by atoms with Crippen LogP contribution in [0, 0.1) is 0 Å². The summed E-state index contributed by atoms with van der Waals surface area (Å²) in [5.74, 6) is 0.633. The summed E-state index contributed by atoms with van der Waals surface area (Å²) in [5, 5.41) is 0. The van der Waals surface area contributed by atoms with Gasteiger partial charge >= 0.3 is 0 Å². The first-order valence-corrected chi connectivity index (χ1v) is 6.70. The van der Waals surface area contributed by atoms with Gasteiger partial charge in [-0.05, 0) is 24.3 Å². The van der Waals surface area contributed by atoms with E-state index in [9.17, 15) is 0 Å². The molecule has 1 heterocycles. The molecule has 2 aromatic rings. The van der Waals surface area contributed by atoms with E-state index in [0.717, 1.165) is 17.1 Å². The zero-order valence-corrected chi connectivity index (χ0v) is 11.4. The second kappa shape index (κ2) is 6.52. The van der Waals surface area contributed by atoms with E-state index < -0.39 is 0 Å². The summed E-state index contributed by atoms with van der Waals surface area (Å²) in [6.07, 6.45) is 3.43. The highest BCUT2D eigenvalue weighted by atomic mass is 15.0. The van der Waals surface area contributed by atoms with Crippen LogP contribution in [0.5, 0.6) is 0 Å². The van der Waals surface area contributed by atoms with E-state index in [0.29, 0.717) is 12.4 Å². The van der Waals surface area contributed by atoms with Gasteiger partial charge < -0.3 is 0 Å². The maximum Gasteiger partial charge on any atom is 0.166 e. The van der Waals surface area contributed by atoms with Crippen LogP contribution in [-0.2, 0) is 0 Å². The van der Waals surface area contributed by atoms with Crippen LogP contribution >= 0.6 is 0 Å². The summed E-state index contributed by atoms with van der Waals surface area (Å²) in [7, 11) is 0. The smallest absolute Gasteiger partial charge is 0.166 e. The summed E-state index contributed by atoms with van der Waals surface area (Å²) in [6, 6.07) is 19.5. The Balaban J connectivity index is 1.64. The van der Waals surface area contributed by atoms with E-state index in [4.69, 9.17) is 0 Å². The molecular formula is C17H14N4. The molecule has 102 valence electrons. The van der Waals surface area contributed by atoms with Crippen molar-refractivity contribution in [2.45, 2.75) is 0 Å². The van der Waals surface area contributed by atoms with Crippen molar-refractivity contribution in [3.8, 4) is 0 Å². The van der Waals surface area contributed by atoms with Crippen LogP contribution in [0.25, 0.3) is 0 Å². The number of para-hydroxylation sites is 2. The Hall–Kier alpha value is -2.88. The molecule has 1 aliphatic rings. The van der Waals surface area contributed by atoms with Gasteiger partial charge in [-0.25, -0.2) is 4.99 Å². The summed E-state index contributed by atoms with van der Waals surface area (Å²) in [4.78, 5) is 17.4. The van der Waals surface area contributed by atoms with E-state index in [1.165, 1.54) is 0 Å². The van der Waals surface area contributed by atoms with E-state index >= 15 is 0 Å². The Bertz CT molecular complexity index is 713. The van der Waals surface area contributed by atoms with Crippen LogP contribution in [-0.4, -0.2) is 30.5 Å². The fourth-order valence-corrected chi connectivity index (χ4v) is 1.83. The average molecular weight is 274 g/mol. The Morgan fingerprint density at radius 1 is 0.762 bits per heavy atom. The van der Waals surface area contributed by atoms with Crippen molar-refractivity contribution in [2.24, 2.45) is 20.0 Å². The zero-order chi connectivity index (χ0) is 14.3. The molecule has 0 saturated heterocycles. The predicted octanol–water partition coefficient (Wildman–Crippen LogP) is 3.64. The Morgan fingerprint density at radius 2 is 1.33 bits per heavy atom. The van der Waals surface area contributed by atoms with E-state index in [2.05, 4.69) is 20.0 Å². The summed E-state index contributed by atoms with van der Waals surface area (Å²) in [5.41, 5.74) is 2.64. The minimum Gasteiger partial charge on any atom is -0.259 e. The number of benzene rings is 2. The lowest BCUT2D eigenvalue weighted by molar-refractivity contribution is 1.36. The molecular weight excluding hydrogens is 260 g/mol. The van der Waals surface area contributed by atoms with Crippen LogP contribution in [0.4, 0.5) is 11.4 Å². The minimum atomic E-state index is 0.548. The first-order valence-electron chi connectivity index (χ1n) is 6.70. The fourth-order valence-electron chi connectivity index (χ4n) is 1.83. The zero-order valence-electron chi connectivity index (χ0n) is 11.4. The van der Waals surface area contributed by atoms with Crippen molar-refractivity contribution in [3.05, 3.63) is 60.7 Å². The molecule has 0 fully saturated rings. The highest BCUT2D eigenvalue weighted by molar-refractivity contribution is 6.43. The van der Waals surface area contributed by atoms with Crippen LogP contribution in [0.1, 0.15) is 0 Å². The van der Waals surface area contributed by atoms with Gasteiger partial charge in [0.15, 0.2) is 5.84 Å². The third-order valence-electron chi connectivity index (χ3n) is 2.87. The molecule has 0 unspecified atom stereocenters. The molecule has 3 rings (SSSR count). The average Bonchev–Trinajstić information content (AvgIpc) is 3.01. The summed E-state index contributed by atoms with van der Waals surface area (Å²) < 4.78 is 0. The SMILES string of the molecule is C(=N\c1ccccc1)/C1=NC(/C=N/c2ccccc2)=NC1. The number of hydrogen-bond donors (Lipinski definition) is 0. The molecule has 0 N–H and O–H groups in total. The molecule has 0 atom stereocenters. The maximum absolute atomic E-state index is 4.39. The molecule has 2 aromatic carbocycles. The number of amidine groups is 1. The molecule has 0 saturated carbocycles. The number of nitrogens with zero attached hydrogens (tertiary/aromatic N) is 4. The standard InChI is InChI=1S/C17H14N4/c1-3-7-14(8-4-1)18-11-16-12-20-17(21-16)13-19-15-9-5-2-6-10-15/h1-11,13H,12H2/b18-11+,19-13+. The Morgan fingerprint density at radius 3 is 1.95 bits per heavy atom. The van der Waals surface area contributed by atoms with Gasteiger partial charge in [0.2, 0.25) is 0 Å². The van der Waals surface area contributed by atoms with Crippen molar-refractivity contribution >= 4 is 35.4 Å². The number of hydrogen-bond acceptors (Lipinski definition) is 4. The molecule has 1 aliphatic heterocycles. The molecule has 0 amide bonds. The Labute approximate surface area is 123 Å². The lowest BCUT2D eigenvalue weighted by Crippen LogP contribution is -2.00. The van der Waals surface area contributed by atoms with E-state index in [1.54, 1.807) is 12.4 Å². The van der Waals surface area contributed by atoms with Gasteiger partial charge in [-0.3, -0.25) is 15.0 Å². The topological polar surface area (TPSA) is 49.4 Å². The Kier molecular flexibility index (Phi) is 4.07. The van der Waals surface area contributed by atoms with Gasteiger partial charge in [-0.2, -0.15) is 0 Å². The van der Waals surface area contributed by atoms with Gasteiger partial charge in [0.05, 0.1) is 36.1 Å². The van der Waals surface area contributed by atoms with Crippen LogP contribution < -0.4 is 0 Å². The molecule has 21 heavy (non-hydrogen) atoms. The summed E-state index contributed by atoms with van der Waals surface area (Å²) in [6.45, 7) is 0.548. The first-order chi connectivity index (χ1) is 10.4. The third kappa shape index (κ3) is 3.79. The molecule has 0 spiro atoms. The van der Waals surface area contributed by atoms with Crippen LogP contribution in [0.2, 0.25) is 0 Å². The first kappa shape index (κ1) is 13.1.